The molecule has 0 radical (unpaired) electrons. The number of amides is 1. The molecule has 1 aromatic heterocycles. The number of furan rings is 1. The quantitative estimate of drug-likeness (QED) is 0.789. The second-order valence-corrected chi connectivity index (χ2v) is 5.04. The summed E-state index contributed by atoms with van der Waals surface area (Å²) in [5.41, 5.74) is 0.755. The molecule has 24 heavy (non-hydrogen) atoms. The number of ether oxygens (including phenoxy) is 3. The smallest absolute Gasteiger partial charge is 0.244 e. The van der Waals surface area contributed by atoms with Crippen LogP contribution in [0.1, 0.15) is 24.3 Å². The van der Waals surface area contributed by atoms with Gasteiger partial charge >= 0.3 is 0 Å². The van der Waals surface area contributed by atoms with Crippen LogP contribution in [0.5, 0.6) is 17.2 Å². The number of hydrogen-bond donors (Lipinski definition) is 1. The Morgan fingerprint density at radius 3 is 2.33 bits per heavy atom. The summed E-state index contributed by atoms with van der Waals surface area (Å²) < 4.78 is 21.1. The summed E-state index contributed by atoms with van der Waals surface area (Å²) in [5.74, 6) is 2.03. The molecule has 0 aliphatic heterocycles. The predicted octanol–water partition coefficient (Wildman–Crippen LogP) is 3.20. The fraction of sp³-hybridized carbons (Fsp3) is 0.278. The van der Waals surface area contributed by atoms with Gasteiger partial charge in [0.05, 0.1) is 33.6 Å². The summed E-state index contributed by atoms with van der Waals surface area (Å²) in [4.78, 5) is 12.0. The lowest BCUT2D eigenvalue weighted by atomic mass is 10.1. The highest BCUT2D eigenvalue weighted by atomic mass is 16.5. The monoisotopic (exact) mass is 331 g/mol. The van der Waals surface area contributed by atoms with Gasteiger partial charge < -0.3 is 23.9 Å². The standard InChI is InChI=1S/C18H21NO5/c1-12(14-6-5-9-24-14)19-17(20)8-7-13-10-15(21-2)18(23-4)16(11-13)22-3/h5-12H,1-4H3,(H,19,20)/b8-7+. The van der Waals surface area contributed by atoms with E-state index in [4.69, 9.17) is 18.6 Å². The molecule has 0 saturated heterocycles. The lowest BCUT2D eigenvalue weighted by Gasteiger charge is -2.13. The third-order valence-corrected chi connectivity index (χ3v) is 3.44. The fourth-order valence-electron chi connectivity index (χ4n) is 2.24. The molecule has 0 spiro atoms. The lowest BCUT2D eigenvalue weighted by Crippen LogP contribution is -2.24. The van der Waals surface area contributed by atoms with Crippen LogP contribution in [0.3, 0.4) is 0 Å². The van der Waals surface area contributed by atoms with E-state index in [2.05, 4.69) is 5.32 Å². The summed E-state index contributed by atoms with van der Waals surface area (Å²) >= 11 is 0. The van der Waals surface area contributed by atoms with Crippen molar-refractivity contribution in [1.82, 2.24) is 5.32 Å². The molecule has 1 N–H and O–H groups in total. The van der Waals surface area contributed by atoms with Gasteiger partial charge in [-0.05, 0) is 42.8 Å². The number of benzene rings is 1. The highest BCUT2D eigenvalue weighted by Gasteiger charge is 2.13. The summed E-state index contributed by atoms with van der Waals surface area (Å²) in [6, 6.07) is 6.91. The Balaban J connectivity index is 2.12. The van der Waals surface area contributed by atoms with Crippen LogP contribution < -0.4 is 19.5 Å². The molecule has 1 atom stereocenters. The number of nitrogens with one attached hydrogen (secondary N) is 1. The van der Waals surface area contributed by atoms with E-state index in [1.807, 2.05) is 13.0 Å². The first-order valence-corrected chi connectivity index (χ1v) is 7.41. The molecule has 1 aromatic carbocycles. The van der Waals surface area contributed by atoms with Crippen molar-refractivity contribution in [3.63, 3.8) is 0 Å². The summed E-state index contributed by atoms with van der Waals surface area (Å²) in [6.45, 7) is 1.85. The van der Waals surface area contributed by atoms with Gasteiger partial charge in [-0.2, -0.15) is 0 Å². The summed E-state index contributed by atoms with van der Waals surface area (Å²) in [7, 11) is 4.63. The van der Waals surface area contributed by atoms with Gasteiger partial charge in [0.15, 0.2) is 11.5 Å². The van der Waals surface area contributed by atoms with E-state index in [0.717, 1.165) is 5.56 Å². The van der Waals surface area contributed by atoms with Gasteiger partial charge in [0.1, 0.15) is 5.76 Å². The normalized spacial score (nSPS) is 12.0. The first-order valence-electron chi connectivity index (χ1n) is 7.41. The van der Waals surface area contributed by atoms with Crippen LogP contribution in [0.25, 0.3) is 6.08 Å². The molecule has 1 amide bonds. The molecule has 0 fully saturated rings. The zero-order valence-electron chi connectivity index (χ0n) is 14.2. The molecule has 2 aromatic rings. The van der Waals surface area contributed by atoms with Gasteiger partial charge in [0.25, 0.3) is 0 Å². The molecule has 0 bridgehead atoms. The number of methoxy groups -OCH3 is 3. The van der Waals surface area contributed by atoms with E-state index in [-0.39, 0.29) is 11.9 Å². The average Bonchev–Trinajstić information content (AvgIpc) is 3.13. The van der Waals surface area contributed by atoms with E-state index in [0.29, 0.717) is 23.0 Å². The fourth-order valence-corrected chi connectivity index (χ4v) is 2.24. The first-order chi connectivity index (χ1) is 11.6. The van der Waals surface area contributed by atoms with Crippen molar-refractivity contribution in [1.29, 1.82) is 0 Å². The van der Waals surface area contributed by atoms with Crippen LogP contribution in [-0.2, 0) is 4.79 Å². The van der Waals surface area contributed by atoms with Crippen LogP contribution in [0.4, 0.5) is 0 Å². The number of carbonyl (C=O) groups is 1. The van der Waals surface area contributed by atoms with Gasteiger partial charge in [-0.1, -0.05) is 0 Å². The Labute approximate surface area is 141 Å². The van der Waals surface area contributed by atoms with Gasteiger partial charge in [0, 0.05) is 6.08 Å². The predicted molar refractivity (Wildman–Crippen MR) is 90.4 cm³/mol. The average molecular weight is 331 g/mol. The van der Waals surface area contributed by atoms with Gasteiger partial charge in [-0.15, -0.1) is 0 Å². The van der Waals surface area contributed by atoms with Crippen molar-refractivity contribution < 1.29 is 23.4 Å². The summed E-state index contributed by atoms with van der Waals surface area (Å²) in [6.07, 6.45) is 4.69. The Kier molecular flexibility index (Phi) is 5.89. The molecule has 0 aliphatic carbocycles. The van der Waals surface area contributed by atoms with Crippen LogP contribution in [0.2, 0.25) is 0 Å². The number of carbonyl (C=O) groups excluding carboxylic acids is 1. The van der Waals surface area contributed by atoms with Crippen LogP contribution in [0.15, 0.2) is 41.0 Å². The van der Waals surface area contributed by atoms with Gasteiger partial charge in [-0.3, -0.25) is 4.79 Å². The highest BCUT2D eigenvalue weighted by Crippen LogP contribution is 2.38. The molecule has 0 saturated carbocycles. The van der Waals surface area contributed by atoms with E-state index in [1.165, 1.54) is 6.08 Å². The number of hydrogen-bond acceptors (Lipinski definition) is 5. The minimum absolute atomic E-state index is 0.211. The van der Waals surface area contributed by atoms with Crippen molar-refractivity contribution in [2.75, 3.05) is 21.3 Å². The van der Waals surface area contributed by atoms with Crippen molar-refractivity contribution in [2.45, 2.75) is 13.0 Å². The Morgan fingerprint density at radius 1 is 1.17 bits per heavy atom. The SMILES string of the molecule is COc1cc(/C=C/C(=O)NC(C)c2ccco2)cc(OC)c1OC. The van der Waals surface area contributed by atoms with Gasteiger partial charge in [0.2, 0.25) is 11.7 Å². The van der Waals surface area contributed by atoms with E-state index < -0.39 is 0 Å². The Hall–Kier alpha value is -2.89. The lowest BCUT2D eigenvalue weighted by molar-refractivity contribution is -0.117. The van der Waals surface area contributed by atoms with Crippen LogP contribution in [0, 0.1) is 0 Å². The van der Waals surface area contributed by atoms with Crippen molar-refractivity contribution in [2.24, 2.45) is 0 Å². The Morgan fingerprint density at radius 2 is 1.83 bits per heavy atom. The maximum absolute atomic E-state index is 12.0. The third kappa shape index (κ3) is 4.10. The largest absolute Gasteiger partial charge is 0.493 e. The molecule has 2 rings (SSSR count). The van der Waals surface area contributed by atoms with Crippen LogP contribution >= 0.6 is 0 Å². The third-order valence-electron chi connectivity index (χ3n) is 3.44. The molecule has 1 unspecified atom stereocenters. The van der Waals surface area contributed by atoms with E-state index in [1.54, 1.807) is 51.9 Å². The van der Waals surface area contributed by atoms with Crippen molar-refractivity contribution in [3.05, 3.63) is 47.9 Å². The zero-order valence-corrected chi connectivity index (χ0v) is 14.2. The summed E-state index contributed by atoms with van der Waals surface area (Å²) in [5, 5.41) is 2.83. The Bertz CT molecular complexity index is 681. The molecular formula is C18H21NO5. The molecule has 128 valence electrons. The van der Waals surface area contributed by atoms with Crippen molar-refractivity contribution >= 4 is 12.0 Å². The zero-order chi connectivity index (χ0) is 17.5. The van der Waals surface area contributed by atoms with E-state index in [9.17, 15) is 4.79 Å². The second kappa shape index (κ2) is 8.10. The molecule has 6 heteroatoms. The first kappa shape index (κ1) is 17.5. The maximum Gasteiger partial charge on any atom is 0.244 e. The van der Waals surface area contributed by atoms with Crippen molar-refractivity contribution in [3.8, 4) is 17.2 Å². The molecule has 1 heterocycles. The number of rotatable bonds is 7. The van der Waals surface area contributed by atoms with Crippen LogP contribution in [-0.4, -0.2) is 27.2 Å². The molecule has 0 aliphatic rings. The second-order valence-electron chi connectivity index (χ2n) is 5.04. The van der Waals surface area contributed by atoms with Gasteiger partial charge in [-0.25, -0.2) is 0 Å². The minimum Gasteiger partial charge on any atom is -0.493 e. The minimum atomic E-state index is -0.229. The maximum atomic E-state index is 12.0. The molecule has 6 nitrogen and oxygen atoms in total. The highest BCUT2D eigenvalue weighted by molar-refractivity contribution is 5.92. The van der Waals surface area contributed by atoms with E-state index >= 15 is 0 Å². The topological polar surface area (TPSA) is 69.9 Å². The molecular weight excluding hydrogens is 310 g/mol.